The fraction of sp³-hybridized carbons (Fsp3) is 0.774. The van der Waals surface area contributed by atoms with Crippen molar-refractivity contribution in [2.24, 2.45) is 17.8 Å². The highest BCUT2D eigenvalue weighted by Gasteiger charge is 2.78. The minimum Gasteiger partial charge on any atom is -0.394 e. The van der Waals surface area contributed by atoms with Crippen LogP contribution < -0.4 is 0 Å². The Bertz CT molecular complexity index is 965. The van der Waals surface area contributed by atoms with Crippen molar-refractivity contribution in [2.75, 3.05) is 26.2 Å². The van der Waals surface area contributed by atoms with Gasteiger partial charge in [0.1, 0.15) is 6.04 Å². The molecular formula is C31H49N3O4S. The molecular weight excluding hydrogens is 510 g/mol. The lowest BCUT2D eigenvalue weighted by Gasteiger charge is -2.43. The molecule has 4 fully saturated rings. The summed E-state index contributed by atoms with van der Waals surface area (Å²) in [5.74, 6) is -1.26. The average Bonchev–Trinajstić information content (AvgIpc) is 3.48. The van der Waals surface area contributed by atoms with Gasteiger partial charge in [-0.1, -0.05) is 52.2 Å². The molecule has 2 unspecified atom stereocenters. The Balaban J connectivity index is 1.81. The van der Waals surface area contributed by atoms with Crippen LogP contribution in [0.25, 0.3) is 0 Å². The maximum atomic E-state index is 14.8. The van der Waals surface area contributed by atoms with Crippen LogP contribution in [0.5, 0.6) is 0 Å². The highest BCUT2D eigenvalue weighted by molar-refractivity contribution is 8.02. The zero-order chi connectivity index (χ0) is 28.5. The average molecular weight is 560 g/mol. The fourth-order valence-corrected chi connectivity index (χ4v) is 10.3. The first kappa shape index (κ1) is 30.2. The van der Waals surface area contributed by atoms with Gasteiger partial charge < -0.3 is 19.8 Å². The van der Waals surface area contributed by atoms with Crippen molar-refractivity contribution >= 4 is 29.5 Å². The number of aliphatic hydroxyl groups is 1. The lowest BCUT2D eigenvalue weighted by molar-refractivity contribution is -0.149. The first-order valence-electron chi connectivity index (χ1n) is 15.1. The monoisotopic (exact) mass is 559 g/mol. The van der Waals surface area contributed by atoms with E-state index in [4.69, 9.17) is 0 Å². The number of likely N-dealkylation sites (tertiary alicyclic amines) is 1. The van der Waals surface area contributed by atoms with Gasteiger partial charge in [-0.05, 0) is 44.9 Å². The molecule has 7 nitrogen and oxygen atoms in total. The first-order chi connectivity index (χ1) is 18.6. The van der Waals surface area contributed by atoms with Crippen LogP contribution >= 0.6 is 11.8 Å². The van der Waals surface area contributed by atoms with Gasteiger partial charge >= 0.3 is 0 Å². The van der Waals surface area contributed by atoms with Crippen LogP contribution in [0.2, 0.25) is 0 Å². The molecule has 1 saturated carbocycles. The number of hydrogen-bond acceptors (Lipinski definition) is 5. The molecule has 8 heteroatoms. The van der Waals surface area contributed by atoms with Crippen LogP contribution in [-0.2, 0) is 14.4 Å². The predicted molar refractivity (Wildman–Crippen MR) is 157 cm³/mol. The number of thioether (sulfide) groups is 1. The van der Waals surface area contributed by atoms with E-state index in [9.17, 15) is 19.5 Å². The number of carbonyl (C=O) groups excluding carboxylic acids is 3. The molecule has 1 spiro atoms. The maximum absolute atomic E-state index is 14.8. The molecule has 2 bridgehead atoms. The molecule has 0 aromatic heterocycles. The molecule has 4 aliphatic rings. The lowest BCUT2D eigenvalue weighted by atomic mass is 9.66. The minimum absolute atomic E-state index is 0.0000440. The molecule has 4 rings (SSSR count). The largest absolute Gasteiger partial charge is 0.394 e. The summed E-state index contributed by atoms with van der Waals surface area (Å²) in [6, 6.07) is -1.04. The number of fused-ring (bicyclic) bond motifs is 1. The highest BCUT2D eigenvalue weighted by atomic mass is 32.2. The molecule has 3 aliphatic heterocycles. The van der Waals surface area contributed by atoms with Crippen molar-refractivity contribution < 1.29 is 19.5 Å². The van der Waals surface area contributed by atoms with Gasteiger partial charge in [-0.2, -0.15) is 0 Å². The van der Waals surface area contributed by atoms with Crippen LogP contribution in [0.4, 0.5) is 0 Å². The third-order valence-corrected chi connectivity index (χ3v) is 11.8. The molecule has 218 valence electrons. The van der Waals surface area contributed by atoms with Crippen LogP contribution in [0.3, 0.4) is 0 Å². The number of amides is 3. The Morgan fingerprint density at radius 2 is 1.79 bits per heavy atom. The minimum atomic E-state index is -0.694. The normalized spacial score (nSPS) is 32.8. The quantitative estimate of drug-likeness (QED) is 0.362. The van der Waals surface area contributed by atoms with Gasteiger partial charge in [-0.3, -0.25) is 14.4 Å². The molecule has 1 N–H and O–H groups in total. The predicted octanol–water partition coefficient (Wildman–Crippen LogP) is 4.26. The molecule has 3 saturated heterocycles. The molecule has 1 aliphatic carbocycles. The second-order valence-electron chi connectivity index (χ2n) is 12.6. The summed E-state index contributed by atoms with van der Waals surface area (Å²) >= 11 is 1.72. The third-order valence-electron chi connectivity index (χ3n) is 9.81. The Kier molecular flexibility index (Phi) is 9.26. The summed E-state index contributed by atoms with van der Waals surface area (Å²) in [5.41, 5.74) is 0. The van der Waals surface area contributed by atoms with Gasteiger partial charge in [0, 0.05) is 30.4 Å². The van der Waals surface area contributed by atoms with Gasteiger partial charge in [0.2, 0.25) is 17.7 Å². The lowest BCUT2D eigenvalue weighted by Crippen LogP contribution is -2.60. The van der Waals surface area contributed by atoms with Gasteiger partial charge in [0.15, 0.2) is 0 Å². The van der Waals surface area contributed by atoms with E-state index in [-0.39, 0.29) is 36.3 Å². The van der Waals surface area contributed by atoms with E-state index in [1.54, 1.807) is 28.8 Å². The van der Waals surface area contributed by atoms with E-state index in [0.29, 0.717) is 19.6 Å². The summed E-state index contributed by atoms with van der Waals surface area (Å²) in [7, 11) is 0. The number of carbonyl (C=O) groups is 3. The van der Waals surface area contributed by atoms with Crippen molar-refractivity contribution in [1.29, 1.82) is 0 Å². The molecule has 0 aromatic rings. The van der Waals surface area contributed by atoms with Crippen LogP contribution in [0, 0.1) is 17.8 Å². The Morgan fingerprint density at radius 3 is 2.36 bits per heavy atom. The van der Waals surface area contributed by atoms with E-state index >= 15 is 0 Å². The molecule has 3 amide bonds. The van der Waals surface area contributed by atoms with Gasteiger partial charge in [0.25, 0.3) is 0 Å². The Morgan fingerprint density at radius 1 is 1.13 bits per heavy atom. The van der Waals surface area contributed by atoms with Gasteiger partial charge in [-0.15, -0.1) is 24.9 Å². The fourth-order valence-electron chi connectivity index (χ4n) is 8.02. The smallest absolute Gasteiger partial charge is 0.247 e. The van der Waals surface area contributed by atoms with Crippen LogP contribution in [0.1, 0.15) is 79.1 Å². The number of nitrogens with zero attached hydrogens (tertiary/aromatic N) is 3. The summed E-state index contributed by atoms with van der Waals surface area (Å²) in [4.78, 5) is 49.0. The van der Waals surface area contributed by atoms with Crippen molar-refractivity contribution in [3.05, 3.63) is 25.3 Å². The molecule has 0 radical (unpaired) electrons. The maximum Gasteiger partial charge on any atom is 0.247 e. The SMILES string of the molecule is C=CCN(CCC)C(=O)[C@H]1[C@H]2C(=O)N([C@@H](CO)C(C)C)C(C(=O)N(CC=C)C3CCCCC3)C23CC[C@]1(C)S3. The molecule has 6 atom stereocenters. The third kappa shape index (κ3) is 4.98. The van der Waals surface area contributed by atoms with Gasteiger partial charge in [0.05, 0.1) is 29.2 Å². The number of aliphatic hydroxyl groups excluding tert-OH is 1. The number of rotatable bonds is 12. The zero-order valence-electron chi connectivity index (χ0n) is 24.4. The van der Waals surface area contributed by atoms with Crippen LogP contribution in [-0.4, -0.2) is 91.4 Å². The summed E-state index contributed by atoms with van der Waals surface area (Å²) < 4.78 is -1.08. The van der Waals surface area contributed by atoms with Gasteiger partial charge in [-0.25, -0.2) is 0 Å². The van der Waals surface area contributed by atoms with Crippen molar-refractivity contribution in [2.45, 2.75) is 107 Å². The molecule has 39 heavy (non-hydrogen) atoms. The number of hydrogen-bond donors (Lipinski definition) is 1. The highest BCUT2D eigenvalue weighted by Crippen LogP contribution is 2.72. The van der Waals surface area contributed by atoms with E-state index in [1.807, 2.05) is 30.6 Å². The van der Waals surface area contributed by atoms with E-state index in [0.717, 1.165) is 44.9 Å². The van der Waals surface area contributed by atoms with Crippen molar-refractivity contribution in [3.63, 3.8) is 0 Å². The standard InChI is InChI=1S/C31H49N3O4S/c1-7-17-32(18-8-2)27(36)24-25-28(37)34(23(20-35)21(4)5)26(31(25)16-15-30(24,6)39-31)29(38)33(19-9-3)22-13-11-10-12-14-22/h7,9,21-26,35H,1,3,8,10-20H2,2,4-6H3/t23-,24+,25-,26?,30-,31?/m0/s1. The summed E-state index contributed by atoms with van der Waals surface area (Å²) in [6.07, 6.45) is 11.2. The Labute approximate surface area is 239 Å². The molecule has 3 heterocycles. The first-order valence-corrected chi connectivity index (χ1v) is 15.9. The van der Waals surface area contributed by atoms with E-state index < -0.39 is 33.4 Å². The summed E-state index contributed by atoms with van der Waals surface area (Å²) in [5, 5.41) is 10.5. The van der Waals surface area contributed by atoms with Crippen molar-refractivity contribution in [3.8, 4) is 0 Å². The van der Waals surface area contributed by atoms with Crippen molar-refractivity contribution in [1.82, 2.24) is 14.7 Å². The Hall–Kier alpha value is -1.80. The zero-order valence-corrected chi connectivity index (χ0v) is 25.3. The molecule has 0 aromatic carbocycles. The topological polar surface area (TPSA) is 81.2 Å². The second kappa shape index (κ2) is 12.0. The van der Waals surface area contributed by atoms with Crippen LogP contribution in [0.15, 0.2) is 25.3 Å². The van der Waals surface area contributed by atoms with E-state index in [2.05, 4.69) is 20.1 Å². The van der Waals surface area contributed by atoms with E-state index in [1.165, 1.54) is 6.42 Å². The second-order valence-corrected chi connectivity index (χ2v) is 14.5. The summed E-state index contributed by atoms with van der Waals surface area (Å²) in [6.45, 7) is 17.3.